The monoisotopic (exact) mass is 231 g/mol. The van der Waals surface area contributed by atoms with E-state index in [0.29, 0.717) is 0 Å². The first kappa shape index (κ1) is 14.2. The minimum Gasteiger partial charge on any atom is -0.480 e. The smallest absolute Gasteiger partial charge is 0.323 e. The van der Waals surface area contributed by atoms with Crippen LogP contribution < -0.4 is 11.1 Å². The molecule has 3 amide bonds. The number of nitrogens with zero attached hydrogens (tertiary/aromatic N) is 1. The fourth-order valence-corrected chi connectivity index (χ4v) is 1.14. The summed E-state index contributed by atoms with van der Waals surface area (Å²) in [6.45, 7) is 2.85. The van der Waals surface area contributed by atoms with Crippen molar-refractivity contribution in [2.45, 2.75) is 25.8 Å². The Hall–Kier alpha value is -1.79. The fraction of sp³-hybridized carbons (Fsp3) is 0.667. The number of aliphatic carboxylic acids is 1. The average Bonchev–Trinajstić information content (AvgIpc) is 1.98. The van der Waals surface area contributed by atoms with Gasteiger partial charge >= 0.3 is 12.0 Å². The van der Waals surface area contributed by atoms with Crippen molar-refractivity contribution in [1.82, 2.24) is 10.2 Å². The summed E-state index contributed by atoms with van der Waals surface area (Å²) in [5.41, 5.74) is 4.22. The highest BCUT2D eigenvalue weighted by Crippen LogP contribution is 2.07. The third-order valence-corrected chi connectivity index (χ3v) is 1.78. The van der Waals surface area contributed by atoms with Gasteiger partial charge in [0.1, 0.15) is 6.54 Å². The van der Waals surface area contributed by atoms with E-state index in [2.05, 4.69) is 5.32 Å². The van der Waals surface area contributed by atoms with Gasteiger partial charge in [0, 0.05) is 19.0 Å². The van der Waals surface area contributed by atoms with Crippen molar-refractivity contribution in [2.75, 3.05) is 13.6 Å². The van der Waals surface area contributed by atoms with Gasteiger partial charge in [-0.3, -0.25) is 9.59 Å². The lowest BCUT2D eigenvalue weighted by Crippen LogP contribution is -2.51. The normalized spacial score (nSPS) is 10.7. The number of carboxylic acids is 1. The van der Waals surface area contributed by atoms with Gasteiger partial charge in [-0.1, -0.05) is 0 Å². The van der Waals surface area contributed by atoms with Crippen molar-refractivity contribution in [1.29, 1.82) is 0 Å². The first-order valence-electron chi connectivity index (χ1n) is 4.67. The minimum atomic E-state index is -1.11. The van der Waals surface area contributed by atoms with Crippen LogP contribution in [0.5, 0.6) is 0 Å². The van der Waals surface area contributed by atoms with Crippen LogP contribution in [0.2, 0.25) is 0 Å². The van der Waals surface area contributed by atoms with Crippen LogP contribution in [0, 0.1) is 0 Å². The van der Waals surface area contributed by atoms with Crippen molar-refractivity contribution >= 4 is 17.9 Å². The van der Waals surface area contributed by atoms with Crippen LogP contribution >= 0.6 is 0 Å². The number of hydrogen-bond acceptors (Lipinski definition) is 3. The Labute approximate surface area is 93.6 Å². The number of carboxylic acid groups (broad SMARTS) is 1. The van der Waals surface area contributed by atoms with E-state index in [0.717, 1.165) is 4.90 Å². The van der Waals surface area contributed by atoms with Crippen molar-refractivity contribution < 1.29 is 19.5 Å². The zero-order valence-electron chi connectivity index (χ0n) is 9.61. The highest BCUT2D eigenvalue weighted by atomic mass is 16.4. The quantitative estimate of drug-likeness (QED) is 0.584. The molecule has 0 aromatic rings. The summed E-state index contributed by atoms with van der Waals surface area (Å²) in [6, 6.07) is -0.561. The van der Waals surface area contributed by atoms with E-state index < -0.39 is 30.0 Å². The van der Waals surface area contributed by atoms with Crippen LogP contribution in [-0.2, 0) is 9.59 Å². The third-order valence-electron chi connectivity index (χ3n) is 1.78. The van der Waals surface area contributed by atoms with Crippen molar-refractivity contribution in [2.24, 2.45) is 5.73 Å². The predicted molar refractivity (Wildman–Crippen MR) is 56.7 cm³/mol. The Bertz CT molecular complexity index is 301. The fourth-order valence-electron chi connectivity index (χ4n) is 1.14. The lowest BCUT2D eigenvalue weighted by atomic mass is 10.0. The summed E-state index contributed by atoms with van der Waals surface area (Å²) in [5.74, 6) is -1.64. The molecule has 0 saturated carbocycles. The second kappa shape index (κ2) is 5.34. The van der Waals surface area contributed by atoms with E-state index in [-0.39, 0.29) is 6.42 Å². The molecule has 0 unspecified atom stereocenters. The molecule has 0 saturated heterocycles. The number of carbonyl (C=O) groups excluding carboxylic acids is 2. The largest absolute Gasteiger partial charge is 0.480 e. The van der Waals surface area contributed by atoms with Gasteiger partial charge in [-0.2, -0.15) is 0 Å². The van der Waals surface area contributed by atoms with Crippen LogP contribution in [0.25, 0.3) is 0 Å². The van der Waals surface area contributed by atoms with E-state index in [4.69, 9.17) is 10.8 Å². The molecule has 0 aliphatic heterocycles. The van der Waals surface area contributed by atoms with E-state index in [1.807, 2.05) is 0 Å². The number of urea groups is 1. The molecule has 0 rings (SSSR count). The predicted octanol–water partition coefficient (Wildman–Crippen LogP) is -0.634. The van der Waals surface area contributed by atoms with Crippen LogP contribution in [0.15, 0.2) is 0 Å². The second-order valence-corrected chi connectivity index (χ2v) is 4.21. The summed E-state index contributed by atoms with van der Waals surface area (Å²) >= 11 is 0. The summed E-state index contributed by atoms with van der Waals surface area (Å²) in [6.07, 6.45) is -0.0142. The Balaban J connectivity index is 4.32. The SMILES string of the molecule is CN(CC(=O)O)C(=O)NC(C)(C)CC(N)=O. The third kappa shape index (κ3) is 5.84. The number of primary amides is 1. The average molecular weight is 231 g/mol. The van der Waals surface area contributed by atoms with Gasteiger partial charge in [-0.05, 0) is 13.8 Å². The molecule has 0 heterocycles. The Morgan fingerprint density at radius 3 is 2.25 bits per heavy atom. The molecular formula is C9H17N3O4. The van der Waals surface area contributed by atoms with Gasteiger partial charge in [0.25, 0.3) is 0 Å². The maximum atomic E-state index is 11.5. The molecule has 0 fully saturated rings. The number of amides is 3. The number of nitrogens with one attached hydrogen (secondary N) is 1. The lowest BCUT2D eigenvalue weighted by Gasteiger charge is -2.27. The minimum absolute atomic E-state index is 0.0142. The van der Waals surface area contributed by atoms with Crippen LogP contribution in [0.4, 0.5) is 4.79 Å². The number of nitrogens with two attached hydrogens (primary N) is 1. The van der Waals surface area contributed by atoms with Crippen molar-refractivity contribution in [3.05, 3.63) is 0 Å². The first-order chi connectivity index (χ1) is 7.14. The molecule has 4 N–H and O–H groups in total. The topological polar surface area (TPSA) is 113 Å². The second-order valence-electron chi connectivity index (χ2n) is 4.21. The maximum Gasteiger partial charge on any atom is 0.323 e. The number of carbonyl (C=O) groups is 3. The molecule has 0 radical (unpaired) electrons. The highest BCUT2D eigenvalue weighted by Gasteiger charge is 2.24. The van der Waals surface area contributed by atoms with Gasteiger partial charge in [0.2, 0.25) is 5.91 Å². The molecular weight excluding hydrogens is 214 g/mol. The van der Waals surface area contributed by atoms with Crippen LogP contribution in [0.3, 0.4) is 0 Å². The Morgan fingerprint density at radius 2 is 1.88 bits per heavy atom. The number of likely N-dealkylation sites (N-methyl/N-ethyl adjacent to an activating group) is 1. The van der Waals surface area contributed by atoms with E-state index in [9.17, 15) is 14.4 Å². The molecule has 0 bridgehead atoms. The zero-order chi connectivity index (χ0) is 12.9. The standard InChI is InChI=1S/C9H17N3O4/c1-9(2,4-6(10)13)11-8(16)12(3)5-7(14)15/h4-5H2,1-3H3,(H2,10,13)(H,11,16)(H,14,15). The van der Waals surface area contributed by atoms with Crippen LogP contribution in [0.1, 0.15) is 20.3 Å². The Kier molecular flexibility index (Phi) is 4.74. The van der Waals surface area contributed by atoms with Gasteiger partial charge in [-0.15, -0.1) is 0 Å². The van der Waals surface area contributed by atoms with Crippen LogP contribution in [-0.4, -0.2) is 47.0 Å². The van der Waals surface area contributed by atoms with Gasteiger partial charge in [-0.25, -0.2) is 4.79 Å². The van der Waals surface area contributed by atoms with Crippen molar-refractivity contribution in [3.63, 3.8) is 0 Å². The molecule has 0 aromatic carbocycles. The molecule has 16 heavy (non-hydrogen) atoms. The molecule has 7 heteroatoms. The maximum absolute atomic E-state index is 11.5. The molecule has 0 atom stereocenters. The number of rotatable bonds is 5. The summed E-state index contributed by atoms with van der Waals surface area (Å²) in [4.78, 5) is 33.5. The Morgan fingerprint density at radius 1 is 1.38 bits per heavy atom. The summed E-state index contributed by atoms with van der Waals surface area (Å²) < 4.78 is 0. The van der Waals surface area contributed by atoms with Gasteiger partial charge < -0.3 is 21.1 Å². The van der Waals surface area contributed by atoms with Crippen molar-refractivity contribution in [3.8, 4) is 0 Å². The number of hydrogen-bond donors (Lipinski definition) is 3. The van der Waals surface area contributed by atoms with E-state index in [1.54, 1.807) is 13.8 Å². The molecule has 0 aromatic heterocycles. The van der Waals surface area contributed by atoms with E-state index in [1.165, 1.54) is 7.05 Å². The summed E-state index contributed by atoms with van der Waals surface area (Å²) in [7, 11) is 1.35. The van der Waals surface area contributed by atoms with Gasteiger partial charge in [0.15, 0.2) is 0 Å². The molecule has 0 aliphatic carbocycles. The van der Waals surface area contributed by atoms with Gasteiger partial charge in [0.05, 0.1) is 0 Å². The lowest BCUT2D eigenvalue weighted by molar-refractivity contribution is -0.137. The first-order valence-corrected chi connectivity index (χ1v) is 4.67. The molecule has 92 valence electrons. The molecule has 0 spiro atoms. The molecule has 7 nitrogen and oxygen atoms in total. The zero-order valence-corrected chi connectivity index (χ0v) is 9.61. The van der Waals surface area contributed by atoms with E-state index >= 15 is 0 Å². The highest BCUT2D eigenvalue weighted by molar-refractivity contribution is 5.81. The molecule has 0 aliphatic rings. The summed E-state index contributed by atoms with van der Waals surface area (Å²) in [5, 5.41) is 11.0.